The van der Waals surface area contributed by atoms with Crippen molar-refractivity contribution in [1.82, 2.24) is 9.78 Å². The van der Waals surface area contributed by atoms with Gasteiger partial charge in [0.2, 0.25) is 0 Å². The molecular weight excluding hydrogens is 248 g/mol. The molecule has 3 nitrogen and oxygen atoms in total. The number of alkyl halides is 2. The number of aliphatic imine (C=N–C) groups is 1. The monoisotopic (exact) mass is 263 g/mol. The summed E-state index contributed by atoms with van der Waals surface area (Å²) in [7, 11) is 1.71. The minimum Gasteiger partial charge on any atom is -0.288 e. The summed E-state index contributed by atoms with van der Waals surface area (Å²) < 4.78 is 26.1. The normalized spacial score (nSPS) is 12.2. The molecule has 0 aliphatic carbocycles. The lowest BCUT2D eigenvalue weighted by Crippen LogP contribution is -2.00. The second-order valence-electron chi connectivity index (χ2n) is 4.47. The first-order valence-electron chi connectivity index (χ1n) is 5.90. The SMILES string of the molecule is CN=C(C=C(C)C)c1ccc2c(cnn2C(F)F)c1. The van der Waals surface area contributed by atoms with Gasteiger partial charge in [-0.15, -0.1) is 0 Å². The number of fused-ring (bicyclic) bond motifs is 1. The first-order valence-corrected chi connectivity index (χ1v) is 5.90. The van der Waals surface area contributed by atoms with Crippen LogP contribution >= 0.6 is 0 Å². The molecule has 0 atom stereocenters. The van der Waals surface area contributed by atoms with E-state index >= 15 is 0 Å². The Labute approximate surface area is 110 Å². The molecular formula is C14H15F2N3. The van der Waals surface area contributed by atoms with Crippen LogP contribution in [0.15, 0.2) is 41.0 Å². The van der Waals surface area contributed by atoms with Crippen LogP contribution in [0.1, 0.15) is 26.0 Å². The van der Waals surface area contributed by atoms with E-state index in [1.807, 2.05) is 26.0 Å². The third-order valence-corrected chi connectivity index (χ3v) is 2.74. The lowest BCUT2D eigenvalue weighted by molar-refractivity contribution is 0.0615. The summed E-state index contributed by atoms with van der Waals surface area (Å²) >= 11 is 0. The highest BCUT2D eigenvalue weighted by molar-refractivity contribution is 6.10. The van der Waals surface area contributed by atoms with Gasteiger partial charge in [0.25, 0.3) is 0 Å². The molecule has 0 amide bonds. The van der Waals surface area contributed by atoms with Gasteiger partial charge in [0.1, 0.15) is 0 Å². The predicted molar refractivity (Wildman–Crippen MR) is 72.9 cm³/mol. The summed E-state index contributed by atoms with van der Waals surface area (Å²) in [4.78, 5) is 4.21. The van der Waals surface area contributed by atoms with Gasteiger partial charge in [0.15, 0.2) is 0 Å². The molecule has 1 aromatic heterocycles. The fourth-order valence-electron chi connectivity index (χ4n) is 1.92. The summed E-state index contributed by atoms with van der Waals surface area (Å²) in [5.74, 6) is 0. The van der Waals surface area contributed by atoms with Crippen LogP contribution in [0.25, 0.3) is 10.9 Å². The maximum absolute atomic E-state index is 12.7. The molecule has 2 rings (SSSR count). The van der Waals surface area contributed by atoms with E-state index < -0.39 is 6.55 Å². The number of benzene rings is 1. The fraction of sp³-hybridized carbons (Fsp3) is 0.286. The molecule has 0 radical (unpaired) electrons. The number of hydrogen-bond acceptors (Lipinski definition) is 2. The number of aromatic nitrogens is 2. The van der Waals surface area contributed by atoms with Crippen molar-refractivity contribution in [2.45, 2.75) is 20.4 Å². The highest BCUT2D eigenvalue weighted by atomic mass is 19.3. The second-order valence-corrected chi connectivity index (χ2v) is 4.47. The molecule has 19 heavy (non-hydrogen) atoms. The summed E-state index contributed by atoms with van der Waals surface area (Å²) in [6.07, 6.45) is 3.40. The Morgan fingerprint density at radius 1 is 1.37 bits per heavy atom. The van der Waals surface area contributed by atoms with Gasteiger partial charge in [-0.3, -0.25) is 4.99 Å². The van der Waals surface area contributed by atoms with Crippen molar-refractivity contribution < 1.29 is 8.78 Å². The molecule has 0 saturated heterocycles. The molecule has 100 valence electrons. The van der Waals surface area contributed by atoms with Crippen LogP contribution in [0.4, 0.5) is 8.78 Å². The van der Waals surface area contributed by atoms with Crippen molar-refractivity contribution in [3.63, 3.8) is 0 Å². The van der Waals surface area contributed by atoms with E-state index in [0.29, 0.717) is 15.6 Å². The molecule has 0 N–H and O–H groups in total. The predicted octanol–water partition coefficient (Wildman–Crippen LogP) is 3.82. The van der Waals surface area contributed by atoms with Crippen molar-refractivity contribution in [3.8, 4) is 0 Å². The summed E-state index contributed by atoms with van der Waals surface area (Å²) in [6, 6.07) is 5.25. The van der Waals surface area contributed by atoms with Crippen LogP contribution in [0.2, 0.25) is 0 Å². The van der Waals surface area contributed by atoms with Crippen molar-refractivity contribution in [2.75, 3.05) is 7.05 Å². The van der Waals surface area contributed by atoms with E-state index in [1.54, 1.807) is 19.2 Å². The third-order valence-electron chi connectivity index (χ3n) is 2.74. The van der Waals surface area contributed by atoms with E-state index in [2.05, 4.69) is 10.1 Å². The van der Waals surface area contributed by atoms with E-state index in [4.69, 9.17) is 0 Å². The highest BCUT2D eigenvalue weighted by Crippen LogP contribution is 2.21. The Kier molecular flexibility index (Phi) is 3.74. The average Bonchev–Trinajstić information content (AvgIpc) is 2.78. The molecule has 0 saturated carbocycles. The zero-order valence-corrected chi connectivity index (χ0v) is 11.1. The standard InChI is InChI=1S/C14H15F2N3/c1-9(2)6-12(17-3)10-4-5-13-11(7-10)8-18-19(13)14(15)16/h4-8,14H,1-3H3. The molecule has 0 aliphatic heterocycles. The molecule has 1 heterocycles. The molecule has 2 aromatic rings. The second kappa shape index (κ2) is 5.30. The fourth-order valence-corrected chi connectivity index (χ4v) is 1.92. The van der Waals surface area contributed by atoms with Crippen LogP contribution in [0, 0.1) is 0 Å². The molecule has 0 spiro atoms. The van der Waals surface area contributed by atoms with Crippen LogP contribution in [0.5, 0.6) is 0 Å². The van der Waals surface area contributed by atoms with Crippen LogP contribution in [-0.4, -0.2) is 22.5 Å². The smallest absolute Gasteiger partial charge is 0.288 e. The third kappa shape index (κ3) is 2.70. The molecule has 0 unspecified atom stereocenters. The number of nitrogens with zero attached hydrogens (tertiary/aromatic N) is 3. The summed E-state index contributed by atoms with van der Waals surface area (Å²) in [5.41, 5.74) is 3.27. The van der Waals surface area contributed by atoms with Crippen molar-refractivity contribution in [3.05, 3.63) is 41.6 Å². The maximum atomic E-state index is 12.7. The Morgan fingerprint density at radius 3 is 2.68 bits per heavy atom. The Morgan fingerprint density at radius 2 is 2.11 bits per heavy atom. The largest absolute Gasteiger partial charge is 0.333 e. The van der Waals surface area contributed by atoms with Crippen LogP contribution < -0.4 is 0 Å². The van der Waals surface area contributed by atoms with Gasteiger partial charge < -0.3 is 0 Å². The molecule has 0 aliphatic rings. The van der Waals surface area contributed by atoms with Crippen molar-refractivity contribution in [1.29, 1.82) is 0 Å². The number of halogens is 2. The first kappa shape index (κ1) is 13.4. The van der Waals surface area contributed by atoms with Gasteiger partial charge in [0, 0.05) is 18.0 Å². The van der Waals surface area contributed by atoms with Gasteiger partial charge >= 0.3 is 6.55 Å². The van der Waals surface area contributed by atoms with Gasteiger partial charge in [-0.05, 0) is 32.1 Å². The Bertz CT molecular complexity index is 650. The quantitative estimate of drug-likeness (QED) is 0.774. The molecule has 1 aromatic carbocycles. The zero-order chi connectivity index (χ0) is 14.0. The van der Waals surface area contributed by atoms with E-state index in [9.17, 15) is 8.78 Å². The lowest BCUT2D eigenvalue weighted by Gasteiger charge is -2.04. The van der Waals surface area contributed by atoms with Gasteiger partial charge in [-0.25, -0.2) is 4.68 Å². The van der Waals surface area contributed by atoms with Gasteiger partial charge in [-0.2, -0.15) is 13.9 Å². The number of rotatable bonds is 3. The van der Waals surface area contributed by atoms with Gasteiger partial charge in [-0.1, -0.05) is 11.6 Å². The van der Waals surface area contributed by atoms with Crippen LogP contribution in [-0.2, 0) is 0 Å². The molecule has 0 bridgehead atoms. The van der Waals surface area contributed by atoms with Crippen molar-refractivity contribution in [2.24, 2.45) is 4.99 Å². The maximum Gasteiger partial charge on any atom is 0.333 e. The van der Waals surface area contributed by atoms with Crippen molar-refractivity contribution >= 4 is 16.6 Å². The minimum atomic E-state index is -2.62. The molecule has 5 heteroatoms. The summed E-state index contributed by atoms with van der Waals surface area (Å²) in [5, 5.41) is 4.37. The number of hydrogen-bond donors (Lipinski definition) is 0. The van der Waals surface area contributed by atoms with Gasteiger partial charge in [0.05, 0.1) is 17.4 Å². The average molecular weight is 263 g/mol. The highest BCUT2D eigenvalue weighted by Gasteiger charge is 2.12. The Balaban J connectivity index is 2.51. The van der Waals surface area contributed by atoms with E-state index in [0.717, 1.165) is 16.8 Å². The van der Waals surface area contributed by atoms with E-state index in [-0.39, 0.29) is 0 Å². The van der Waals surface area contributed by atoms with E-state index in [1.165, 1.54) is 6.20 Å². The van der Waals surface area contributed by atoms with Crippen LogP contribution in [0.3, 0.4) is 0 Å². The summed E-state index contributed by atoms with van der Waals surface area (Å²) in [6.45, 7) is 1.34. The number of allylic oxidation sites excluding steroid dienone is 2. The Hall–Kier alpha value is -2.04. The zero-order valence-electron chi connectivity index (χ0n) is 11.1. The lowest BCUT2D eigenvalue weighted by atomic mass is 10.1. The first-order chi connectivity index (χ1) is 9.02. The topological polar surface area (TPSA) is 30.2 Å². The minimum absolute atomic E-state index is 0.423. The molecule has 0 fully saturated rings.